The van der Waals surface area contributed by atoms with Crippen molar-refractivity contribution >= 4 is 5.82 Å². The molecule has 5 nitrogen and oxygen atoms in total. The Morgan fingerprint density at radius 1 is 1.23 bits per heavy atom. The van der Waals surface area contributed by atoms with E-state index in [1.807, 2.05) is 5.43 Å². The van der Waals surface area contributed by atoms with E-state index in [4.69, 9.17) is 10.6 Å². The predicted molar refractivity (Wildman–Crippen MR) is 84.4 cm³/mol. The molecule has 3 N–H and O–H groups in total. The zero-order valence-corrected chi connectivity index (χ0v) is 13.3. The van der Waals surface area contributed by atoms with Crippen molar-refractivity contribution in [3.05, 3.63) is 53.5 Å². The van der Waals surface area contributed by atoms with Crippen LogP contribution in [0, 0.1) is 17.1 Å². The lowest BCUT2D eigenvalue weighted by Gasteiger charge is -2.42. The molecule has 0 radical (unpaired) electrons. The van der Waals surface area contributed by atoms with Crippen LogP contribution in [0.2, 0.25) is 0 Å². The van der Waals surface area contributed by atoms with Gasteiger partial charge in [0.05, 0.1) is 11.5 Å². The van der Waals surface area contributed by atoms with Crippen LogP contribution in [0.3, 0.4) is 0 Å². The summed E-state index contributed by atoms with van der Waals surface area (Å²) in [7, 11) is 0. The molecule has 1 aliphatic carbocycles. The molecular weight excluding hydrogens is 352 g/mol. The molecule has 0 atom stereocenters. The fourth-order valence-corrected chi connectivity index (χ4v) is 3.07. The molecule has 0 saturated heterocycles. The van der Waals surface area contributed by atoms with Gasteiger partial charge in [-0.1, -0.05) is 12.1 Å². The van der Waals surface area contributed by atoms with Gasteiger partial charge in [0, 0.05) is 19.0 Å². The van der Waals surface area contributed by atoms with Gasteiger partial charge >= 0.3 is 6.18 Å². The number of nitrogens with two attached hydrogens (primary N) is 1. The zero-order chi connectivity index (χ0) is 18.9. The minimum absolute atomic E-state index is 0.195. The summed E-state index contributed by atoms with van der Waals surface area (Å²) in [6.45, 7) is 0. The number of nitrogen functional groups attached to an aromatic ring is 1. The van der Waals surface area contributed by atoms with Gasteiger partial charge in [0.25, 0.3) is 0 Å². The number of rotatable bonds is 4. The quantitative estimate of drug-likeness (QED) is 0.491. The van der Waals surface area contributed by atoms with Crippen LogP contribution in [0.5, 0.6) is 5.75 Å². The topological polar surface area (TPSA) is 84.0 Å². The maximum Gasteiger partial charge on any atom is 0.423 e. The normalized spacial score (nSPS) is 22.2. The highest BCUT2D eigenvalue weighted by Gasteiger charge is 2.48. The summed E-state index contributed by atoms with van der Waals surface area (Å²) in [5, 5.41) is 9.49. The van der Waals surface area contributed by atoms with Gasteiger partial charge < -0.3 is 10.2 Å². The molecule has 1 aliphatic rings. The third kappa shape index (κ3) is 3.15. The molecule has 26 heavy (non-hydrogen) atoms. The zero-order valence-electron chi connectivity index (χ0n) is 13.3. The Morgan fingerprint density at radius 2 is 1.88 bits per heavy atom. The number of nitrogens with one attached hydrogen (secondary N) is 1. The van der Waals surface area contributed by atoms with E-state index in [1.54, 1.807) is 0 Å². The van der Waals surface area contributed by atoms with E-state index in [0.717, 1.165) is 12.3 Å². The third-order valence-corrected chi connectivity index (χ3v) is 4.39. The Kier molecular flexibility index (Phi) is 4.46. The fourth-order valence-electron chi connectivity index (χ4n) is 3.07. The number of anilines is 1. The fraction of sp³-hybridized carbons (Fsp3) is 0.294. The van der Waals surface area contributed by atoms with Gasteiger partial charge in [-0.2, -0.15) is 18.4 Å². The molecule has 0 unspecified atom stereocenters. The van der Waals surface area contributed by atoms with Crippen LogP contribution < -0.4 is 16.0 Å². The molecule has 0 spiro atoms. The van der Waals surface area contributed by atoms with Crippen molar-refractivity contribution in [1.29, 1.82) is 5.26 Å². The second kappa shape index (κ2) is 6.46. The van der Waals surface area contributed by atoms with E-state index >= 15 is 0 Å². The van der Waals surface area contributed by atoms with Crippen LogP contribution in [0.15, 0.2) is 36.5 Å². The van der Waals surface area contributed by atoms with Crippen molar-refractivity contribution in [3.8, 4) is 11.8 Å². The van der Waals surface area contributed by atoms with Gasteiger partial charge in [-0.25, -0.2) is 15.2 Å². The first-order valence-corrected chi connectivity index (χ1v) is 7.66. The highest BCUT2D eigenvalue weighted by atomic mass is 19.4. The monoisotopic (exact) mass is 366 g/mol. The standard InChI is InChI=1S/C17H14F4N4O/c18-11-3-1-10(2-4-11)16(9-22)7-12(8-16)26-13-5-6-24-15(25-23)14(13)17(19,20)21/h1-6,12H,7-8,23H2,(H,24,25)/t12-,16-. The maximum absolute atomic E-state index is 13.3. The van der Waals surface area contributed by atoms with Crippen molar-refractivity contribution in [2.45, 2.75) is 30.5 Å². The van der Waals surface area contributed by atoms with Gasteiger partial charge in [0.1, 0.15) is 23.2 Å². The van der Waals surface area contributed by atoms with Crippen molar-refractivity contribution in [2.75, 3.05) is 5.43 Å². The molecule has 1 heterocycles. The lowest BCUT2D eigenvalue weighted by atomic mass is 9.63. The molecular formula is C17H14F4N4O. The van der Waals surface area contributed by atoms with Crippen LogP contribution >= 0.6 is 0 Å². The number of hydrogen-bond acceptors (Lipinski definition) is 5. The van der Waals surface area contributed by atoms with Crippen LogP contribution in [-0.2, 0) is 11.6 Å². The Hall–Kier alpha value is -2.86. The Balaban J connectivity index is 1.81. The first-order valence-electron chi connectivity index (χ1n) is 7.66. The molecule has 1 aromatic carbocycles. The molecule has 0 amide bonds. The lowest BCUT2D eigenvalue weighted by molar-refractivity contribution is -0.139. The molecule has 9 heteroatoms. The molecule has 1 fully saturated rings. The van der Waals surface area contributed by atoms with Crippen molar-refractivity contribution in [1.82, 2.24) is 4.98 Å². The van der Waals surface area contributed by atoms with Gasteiger partial charge in [-0.05, 0) is 23.8 Å². The SMILES string of the molecule is N#C[C@]1(c2ccc(F)cc2)C[C@H](Oc2ccnc(NN)c2C(F)(F)F)C1. The summed E-state index contributed by atoms with van der Waals surface area (Å²) in [6.07, 6.45) is -3.76. The minimum atomic E-state index is -4.71. The number of alkyl halides is 3. The minimum Gasteiger partial charge on any atom is -0.489 e. The summed E-state index contributed by atoms with van der Waals surface area (Å²) >= 11 is 0. The van der Waals surface area contributed by atoms with E-state index in [1.165, 1.54) is 24.3 Å². The number of ether oxygens (including phenoxy) is 1. The molecule has 0 bridgehead atoms. The average molecular weight is 366 g/mol. The first-order chi connectivity index (χ1) is 12.3. The summed E-state index contributed by atoms with van der Waals surface area (Å²) < 4.78 is 58.4. The molecule has 1 saturated carbocycles. The summed E-state index contributed by atoms with van der Waals surface area (Å²) in [6, 6.07) is 8.75. The molecule has 1 aromatic heterocycles. The number of nitrogens with zero attached hydrogens (tertiary/aromatic N) is 2. The molecule has 136 valence electrons. The van der Waals surface area contributed by atoms with Crippen LogP contribution in [0.4, 0.5) is 23.4 Å². The lowest BCUT2D eigenvalue weighted by Crippen LogP contribution is -2.46. The predicted octanol–water partition coefficient (Wildman–Crippen LogP) is 3.53. The van der Waals surface area contributed by atoms with Crippen LogP contribution in [-0.4, -0.2) is 11.1 Å². The first kappa shape index (κ1) is 17.9. The highest BCUT2D eigenvalue weighted by Crippen LogP contribution is 2.47. The Bertz CT molecular complexity index is 839. The van der Waals surface area contributed by atoms with Crippen molar-refractivity contribution in [3.63, 3.8) is 0 Å². The van der Waals surface area contributed by atoms with E-state index in [9.17, 15) is 22.8 Å². The van der Waals surface area contributed by atoms with Crippen molar-refractivity contribution in [2.24, 2.45) is 5.84 Å². The van der Waals surface area contributed by atoms with E-state index in [-0.39, 0.29) is 12.8 Å². The smallest absolute Gasteiger partial charge is 0.423 e. The summed E-state index contributed by atoms with van der Waals surface area (Å²) in [5.74, 6) is 3.73. The van der Waals surface area contributed by atoms with Gasteiger partial charge in [-0.15, -0.1) is 0 Å². The number of nitriles is 1. The molecule has 2 aromatic rings. The number of aromatic nitrogens is 1. The van der Waals surface area contributed by atoms with Crippen molar-refractivity contribution < 1.29 is 22.3 Å². The maximum atomic E-state index is 13.3. The largest absolute Gasteiger partial charge is 0.489 e. The molecule has 0 aliphatic heterocycles. The Labute approximate surface area is 146 Å². The third-order valence-electron chi connectivity index (χ3n) is 4.39. The number of benzene rings is 1. The number of halogens is 4. The number of pyridine rings is 1. The van der Waals surface area contributed by atoms with Crippen LogP contribution in [0.1, 0.15) is 24.0 Å². The second-order valence-electron chi connectivity index (χ2n) is 6.02. The van der Waals surface area contributed by atoms with E-state index in [2.05, 4.69) is 11.1 Å². The number of hydrazine groups is 1. The van der Waals surface area contributed by atoms with E-state index < -0.39 is 40.6 Å². The van der Waals surface area contributed by atoms with Crippen LogP contribution in [0.25, 0.3) is 0 Å². The van der Waals surface area contributed by atoms with Gasteiger partial charge in [0.2, 0.25) is 0 Å². The second-order valence-corrected chi connectivity index (χ2v) is 6.02. The average Bonchev–Trinajstić information content (AvgIpc) is 2.57. The molecule has 3 rings (SSSR count). The van der Waals surface area contributed by atoms with E-state index in [0.29, 0.717) is 5.56 Å². The Morgan fingerprint density at radius 3 is 2.42 bits per heavy atom. The number of hydrogen-bond donors (Lipinski definition) is 2. The summed E-state index contributed by atoms with van der Waals surface area (Å²) in [4.78, 5) is 3.55. The highest BCUT2D eigenvalue weighted by molar-refractivity contribution is 5.53. The summed E-state index contributed by atoms with van der Waals surface area (Å²) in [5.41, 5.74) is 0.517. The van der Waals surface area contributed by atoms with Gasteiger partial charge in [-0.3, -0.25) is 0 Å². The van der Waals surface area contributed by atoms with Gasteiger partial charge in [0.15, 0.2) is 5.82 Å².